The van der Waals surface area contributed by atoms with Gasteiger partial charge in [-0.05, 0) is 31.9 Å². The lowest BCUT2D eigenvalue weighted by molar-refractivity contribution is 0.101. The van der Waals surface area contributed by atoms with Crippen LogP contribution >= 0.6 is 11.8 Å². The molecule has 3 heteroatoms. The smallest absolute Gasteiger partial charge is 0.159 e. The van der Waals surface area contributed by atoms with Gasteiger partial charge in [-0.3, -0.25) is 4.79 Å². The maximum Gasteiger partial charge on any atom is 0.159 e. The third-order valence-corrected chi connectivity index (χ3v) is 4.57. The predicted molar refractivity (Wildman–Crippen MR) is 69.1 cm³/mol. The first kappa shape index (κ1) is 12.6. The van der Waals surface area contributed by atoms with Gasteiger partial charge in [-0.25, -0.2) is 4.39 Å². The Kier molecular flexibility index (Phi) is 4.21. The molecule has 1 aromatic carbocycles. The van der Waals surface area contributed by atoms with Crippen LogP contribution in [-0.4, -0.2) is 11.0 Å². The summed E-state index contributed by atoms with van der Waals surface area (Å²) in [7, 11) is 0. The fraction of sp³-hybridized carbons (Fsp3) is 0.500. The van der Waals surface area contributed by atoms with Crippen LogP contribution in [0.3, 0.4) is 0 Å². The Hall–Kier alpha value is -0.830. The topological polar surface area (TPSA) is 17.1 Å². The second kappa shape index (κ2) is 5.67. The fourth-order valence-electron chi connectivity index (χ4n) is 2.18. The summed E-state index contributed by atoms with van der Waals surface area (Å²) < 4.78 is 13.8. The molecule has 17 heavy (non-hydrogen) atoms. The van der Waals surface area contributed by atoms with Gasteiger partial charge in [-0.1, -0.05) is 25.3 Å². The van der Waals surface area contributed by atoms with Crippen LogP contribution in [0.15, 0.2) is 23.1 Å². The standard InChI is InChI=1S/C14H17FOS/c1-10(16)11-7-8-14(13(15)9-11)17-12-5-3-2-4-6-12/h7-9,12H,2-6H2,1H3. The molecule has 1 saturated carbocycles. The molecule has 0 bridgehead atoms. The Bertz CT molecular complexity index is 411. The number of hydrogen-bond acceptors (Lipinski definition) is 2. The van der Waals surface area contributed by atoms with Crippen molar-refractivity contribution in [2.45, 2.75) is 49.2 Å². The van der Waals surface area contributed by atoms with E-state index in [0.717, 1.165) is 0 Å². The summed E-state index contributed by atoms with van der Waals surface area (Å²) in [6.07, 6.45) is 6.18. The van der Waals surface area contributed by atoms with E-state index in [9.17, 15) is 9.18 Å². The molecule has 92 valence electrons. The van der Waals surface area contributed by atoms with Crippen LogP contribution in [0.5, 0.6) is 0 Å². The number of Topliss-reactive ketones (excluding diaryl/α,β-unsaturated/α-hetero) is 1. The largest absolute Gasteiger partial charge is 0.295 e. The van der Waals surface area contributed by atoms with E-state index < -0.39 is 0 Å². The number of ketones is 1. The van der Waals surface area contributed by atoms with Gasteiger partial charge in [0.05, 0.1) is 0 Å². The first-order chi connectivity index (χ1) is 8.16. The molecule has 1 nitrogen and oxygen atoms in total. The highest BCUT2D eigenvalue weighted by atomic mass is 32.2. The second-order valence-electron chi connectivity index (χ2n) is 4.58. The van der Waals surface area contributed by atoms with E-state index in [0.29, 0.717) is 15.7 Å². The summed E-state index contributed by atoms with van der Waals surface area (Å²) in [5.74, 6) is -0.341. The molecule has 0 atom stereocenters. The van der Waals surface area contributed by atoms with Gasteiger partial charge in [-0.15, -0.1) is 11.8 Å². The third kappa shape index (κ3) is 3.32. The van der Waals surface area contributed by atoms with E-state index >= 15 is 0 Å². The molecule has 1 fully saturated rings. The molecule has 0 unspecified atom stereocenters. The van der Waals surface area contributed by atoms with Crippen molar-refractivity contribution in [2.75, 3.05) is 0 Å². The lowest BCUT2D eigenvalue weighted by Crippen LogP contribution is -2.08. The number of halogens is 1. The highest BCUT2D eigenvalue weighted by Gasteiger charge is 2.16. The average molecular weight is 252 g/mol. The van der Waals surface area contributed by atoms with Crippen LogP contribution in [-0.2, 0) is 0 Å². The molecule has 1 aliphatic rings. The van der Waals surface area contributed by atoms with E-state index in [1.807, 2.05) is 0 Å². The van der Waals surface area contributed by atoms with Crippen LogP contribution in [0, 0.1) is 5.82 Å². The molecule has 0 amide bonds. The highest BCUT2D eigenvalue weighted by Crippen LogP contribution is 2.35. The summed E-state index contributed by atoms with van der Waals surface area (Å²) in [5, 5.41) is 0.543. The fourth-order valence-corrected chi connectivity index (χ4v) is 3.42. The van der Waals surface area contributed by atoms with Crippen molar-refractivity contribution in [1.29, 1.82) is 0 Å². The molecule has 1 aliphatic carbocycles. The molecule has 0 spiro atoms. The van der Waals surface area contributed by atoms with E-state index in [1.54, 1.807) is 23.9 Å². The van der Waals surface area contributed by atoms with Gasteiger partial charge in [0.25, 0.3) is 0 Å². The summed E-state index contributed by atoms with van der Waals surface area (Å²) in [6.45, 7) is 1.46. The highest BCUT2D eigenvalue weighted by molar-refractivity contribution is 8.00. The van der Waals surface area contributed by atoms with Crippen LogP contribution in [0.25, 0.3) is 0 Å². The minimum Gasteiger partial charge on any atom is -0.295 e. The Morgan fingerprint density at radius 3 is 2.59 bits per heavy atom. The zero-order valence-corrected chi connectivity index (χ0v) is 10.9. The van der Waals surface area contributed by atoms with Gasteiger partial charge < -0.3 is 0 Å². The van der Waals surface area contributed by atoms with Crippen LogP contribution in [0.1, 0.15) is 49.4 Å². The average Bonchev–Trinajstić information content (AvgIpc) is 2.33. The first-order valence-corrected chi connectivity index (χ1v) is 7.02. The van der Waals surface area contributed by atoms with E-state index in [1.165, 1.54) is 45.1 Å². The van der Waals surface area contributed by atoms with Crippen LogP contribution in [0.2, 0.25) is 0 Å². The lowest BCUT2D eigenvalue weighted by atomic mass is 10.0. The molecule has 0 saturated heterocycles. The van der Waals surface area contributed by atoms with Crippen molar-refractivity contribution in [3.8, 4) is 0 Å². The van der Waals surface area contributed by atoms with Gasteiger partial charge in [0, 0.05) is 15.7 Å². The molecule has 0 aromatic heterocycles. The van der Waals surface area contributed by atoms with Crippen molar-refractivity contribution in [3.05, 3.63) is 29.6 Å². The molecule has 0 heterocycles. The molecule has 1 aromatic rings. The maximum absolute atomic E-state index is 13.8. The summed E-state index contributed by atoms with van der Waals surface area (Å²) in [6, 6.07) is 4.81. The van der Waals surface area contributed by atoms with Gasteiger partial charge >= 0.3 is 0 Å². The molecule has 0 radical (unpaired) electrons. The van der Waals surface area contributed by atoms with E-state index in [-0.39, 0.29) is 11.6 Å². The Morgan fingerprint density at radius 2 is 2.00 bits per heavy atom. The van der Waals surface area contributed by atoms with Crippen molar-refractivity contribution >= 4 is 17.5 Å². The van der Waals surface area contributed by atoms with Crippen molar-refractivity contribution < 1.29 is 9.18 Å². The summed E-state index contributed by atoms with van der Waals surface area (Å²) in [4.78, 5) is 11.8. The van der Waals surface area contributed by atoms with Gasteiger partial charge in [0.2, 0.25) is 0 Å². The van der Waals surface area contributed by atoms with Crippen LogP contribution in [0.4, 0.5) is 4.39 Å². The Labute approximate surface area is 106 Å². The lowest BCUT2D eigenvalue weighted by Gasteiger charge is -2.21. The maximum atomic E-state index is 13.8. The number of carbonyl (C=O) groups excluding carboxylic acids is 1. The number of rotatable bonds is 3. The molecular weight excluding hydrogens is 235 g/mol. The number of carbonyl (C=O) groups is 1. The summed E-state index contributed by atoms with van der Waals surface area (Å²) >= 11 is 1.63. The number of benzene rings is 1. The molecule has 2 rings (SSSR count). The first-order valence-electron chi connectivity index (χ1n) is 6.14. The normalized spacial score (nSPS) is 17.1. The predicted octanol–water partition coefficient (Wildman–Crippen LogP) is 4.45. The molecular formula is C14H17FOS. The Balaban J connectivity index is 2.08. The zero-order chi connectivity index (χ0) is 12.3. The second-order valence-corrected chi connectivity index (χ2v) is 5.92. The van der Waals surface area contributed by atoms with Crippen molar-refractivity contribution in [1.82, 2.24) is 0 Å². The van der Waals surface area contributed by atoms with Gasteiger partial charge in [0.15, 0.2) is 5.78 Å². The SMILES string of the molecule is CC(=O)c1ccc(SC2CCCCC2)c(F)c1. The zero-order valence-electron chi connectivity index (χ0n) is 10.0. The monoisotopic (exact) mass is 252 g/mol. The van der Waals surface area contributed by atoms with E-state index in [4.69, 9.17) is 0 Å². The minimum atomic E-state index is -0.256. The van der Waals surface area contributed by atoms with Crippen molar-refractivity contribution in [2.24, 2.45) is 0 Å². The molecule has 0 aliphatic heterocycles. The quantitative estimate of drug-likeness (QED) is 0.739. The van der Waals surface area contributed by atoms with Gasteiger partial charge in [-0.2, -0.15) is 0 Å². The number of hydrogen-bond donors (Lipinski definition) is 0. The van der Waals surface area contributed by atoms with Crippen LogP contribution < -0.4 is 0 Å². The van der Waals surface area contributed by atoms with E-state index in [2.05, 4.69) is 0 Å². The van der Waals surface area contributed by atoms with Gasteiger partial charge in [0.1, 0.15) is 5.82 Å². The Morgan fingerprint density at radius 1 is 1.29 bits per heavy atom. The summed E-state index contributed by atoms with van der Waals surface area (Å²) in [5.41, 5.74) is 0.454. The number of thioether (sulfide) groups is 1. The third-order valence-electron chi connectivity index (χ3n) is 3.18. The minimum absolute atomic E-state index is 0.0851. The van der Waals surface area contributed by atoms with Crippen molar-refractivity contribution in [3.63, 3.8) is 0 Å². The molecule has 0 N–H and O–H groups in total.